The Bertz CT molecular complexity index is 504. The summed E-state index contributed by atoms with van der Waals surface area (Å²) in [4.78, 5) is 0. The normalized spacial score (nSPS) is 11.3. The highest BCUT2D eigenvalue weighted by Crippen LogP contribution is 2.23. The lowest BCUT2D eigenvalue weighted by atomic mass is 10.1. The molecule has 0 aliphatic rings. The summed E-state index contributed by atoms with van der Waals surface area (Å²) in [6, 6.07) is 8.80. The molecule has 3 heteroatoms. The van der Waals surface area contributed by atoms with E-state index in [0.717, 1.165) is 13.1 Å². The van der Waals surface area contributed by atoms with Gasteiger partial charge in [0.15, 0.2) is 0 Å². The number of hydrogen-bond donors (Lipinski definition) is 1. The number of aromatic nitrogens is 1. The minimum Gasteiger partial charge on any atom is -0.346 e. The maximum absolute atomic E-state index is 3.22. The van der Waals surface area contributed by atoms with Crippen molar-refractivity contribution >= 4 is 22.7 Å². The molecule has 0 unspecified atom stereocenters. The van der Waals surface area contributed by atoms with Crippen LogP contribution in [-0.2, 0) is 13.0 Å². The van der Waals surface area contributed by atoms with Crippen molar-refractivity contribution in [3.63, 3.8) is 0 Å². The van der Waals surface area contributed by atoms with Gasteiger partial charge >= 0.3 is 0 Å². The van der Waals surface area contributed by atoms with Gasteiger partial charge in [0.05, 0.1) is 0 Å². The third-order valence-corrected chi connectivity index (χ3v) is 4.12. The molecular formula is C16H24N2S. The third kappa shape index (κ3) is 3.77. The number of hydrogen-bond acceptors (Lipinski definition) is 2. The van der Waals surface area contributed by atoms with Crippen LogP contribution in [0.1, 0.15) is 18.4 Å². The summed E-state index contributed by atoms with van der Waals surface area (Å²) in [7, 11) is 2.02. The second-order valence-electron chi connectivity index (χ2n) is 4.92. The summed E-state index contributed by atoms with van der Waals surface area (Å²) in [6.45, 7) is 2.23. The zero-order valence-electron chi connectivity index (χ0n) is 12.0. The fraction of sp³-hybridized carbons (Fsp3) is 0.500. The van der Waals surface area contributed by atoms with Crippen LogP contribution in [0.2, 0.25) is 0 Å². The van der Waals surface area contributed by atoms with Crippen molar-refractivity contribution in [2.45, 2.75) is 25.8 Å². The Morgan fingerprint density at radius 2 is 2.05 bits per heavy atom. The van der Waals surface area contributed by atoms with Crippen molar-refractivity contribution in [2.75, 3.05) is 25.6 Å². The van der Waals surface area contributed by atoms with Gasteiger partial charge < -0.3 is 9.88 Å². The van der Waals surface area contributed by atoms with Crippen LogP contribution in [0.4, 0.5) is 0 Å². The summed E-state index contributed by atoms with van der Waals surface area (Å²) < 4.78 is 2.42. The Morgan fingerprint density at radius 1 is 1.21 bits per heavy atom. The molecule has 1 aromatic heterocycles. The second kappa shape index (κ2) is 7.61. The number of benzene rings is 1. The standard InChI is InChI=1S/C16H24N2S/c1-17-10-6-5-7-14-13-18(11-12-19-2)16-9-4-3-8-15(14)16/h3-4,8-9,13,17H,5-7,10-12H2,1-2H3. The van der Waals surface area contributed by atoms with E-state index in [-0.39, 0.29) is 0 Å². The molecule has 0 aliphatic heterocycles. The lowest BCUT2D eigenvalue weighted by molar-refractivity contribution is 0.676. The number of rotatable bonds is 8. The van der Waals surface area contributed by atoms with Gasteiger partial charge in [0.1, 0.15) is 0 Å². The van der Waals surface area contributed by atoms with Gasteiger partial charge in [-0.3, -0.25) is 0 Å². The molecule has 2 aromatic rings. The highest BCUT2D eigenvalue weighted by Gasteiger charge is 2.07. The molecule has 0 fully saturated rings. The Morgan fingerprint density at radius 3 is 2.84 bits per heavy atom. The largest absolute Gasteiger partial charge is 0.346 e. The molecule has 1 heterocycles. The van der Waals surface area contributed by atoms with Crippen LogP contribution in [0.15, 0.2) is 30.5 Å². The number of aryl methyl sites for hydroxylation is 2. The van der Waals surface area contributed by atoms with Gasteiger partial charge in [0.2, 0.25) is 0 Å². The SMILES string of the molecule is CNCCCCc1cn(CCSC)c2ccccc12. The van der Waals surface area contributed by atoms with Crippen LogP contribution in [0.5, 0.6) is 0 Å². The number of nitrogens with one attached hydrogen (secondary N) is 1. The lowest BCUT2D eigenvalue weighted by Gasteiger charge is -2.02. The second-order valence-corrected chi connectivity index (χ2v) is 5.90. The van der Waals surface area contributed by atoms with E-state index in [0.29, 0.717) is 0 Å². The van der Waals surface area contributed by atoms with Crippen molar-refractivity contribution in [1.82, 2.24) is 9.88 Å². The minimum atomic E-state index is 1.11. The number of para-hydroxylation sites is 1. The highest BCUT2D eigenvalue weighted by molar-refractivity contribution is 7.98. The minimum absolute atomic E-state index is 1.11. The first-order chi connectivity index (χ1) is 9.36. The van der Waals surface area contributed by atoms with Crippen molar-refractivity contribution < 1.29 is 0 Å². The van der Waals surface area contributed by atoms with Crippen LogP contribution >= 0.6 is 11.8 Å². The van der Waals surface area contributed by atoms with Crippen molar-refractivity contribution in [3.05, 3.63) is 36.0 Å². The summed E-state index contributed by atoms with van der Waals surface area (Å²) in [5, 5.41) is 4.65. The molecule has 2 rings (SSSR count). The fourth-order valence-electron chi connectivity index (χ4n) is 2.51. The molecule has 1 N–H and O–H groups in total. The molecule has 0 aliphatic carbocycles. The molecule has 0 saturated heterocycles. The highest BCUT2D eigenvalue weighted by atomic mass is 32.2. The van der Waals surface area contributed by atoms with Crippen LogP contribution in [0, 0.1) is 0 Å². The molecule has 0 amide bonds. The zero-order chi connectivity index (χ0) is 13.5. The molecule has 0 atom stereocenters. The van der Waals surface area contributed by atoms with E-state index in [2.05, 4.69) is 46.6 Å². The van der Waals surface area contributed by atoms with E-state index < -0.39 is 0 Å². The number of nitrogens with zero attached hydrogens (tertiary/aromatic N) is 1. The summed E-state index contributed by atoms with van der Waals surface area (Å²) in [5.41, 5.74) is 2.90. The first-order valence-electron chi connectivity index (χ1n) is 7.07. The van der Waals surface area contributed by atoms with Gasteiger partial charge in [-0.1, -0.05) is 18.2 Å². The van der Waals surface area contributed by atoms with Gasteiger partial charge in [-0.2, -0.15) is 11.8 Å². The van der Waals surface area contributed by atoms with E-state index in [4.69, 9.17) is 0 Å². The number of thioether (sulfide) groups is 1. The van der Waals surface area contributed by atoms with Crippen molar-refractivity contribution in [3.8, 4) is 0 Å². The van der Waals surface area contributed by atoms with E-state index in [1.54, 1.807) is 0 Å². The fourth-order valence-corrected chi connectivity index (χ4v) is 2.89. The Labute approximate surface area is 120 Å². The molecule has 0 saturated carbocycles. The van der Waals surface area contributed by atoms with E-state index in [1.165, 1.54) is 41.5 Å². The molecule has 0 spiro atoms. The molecular weight excluding hydrogens is 252 g/mol. The van der Waals surface area contributed by atoms with Gasteiger partial charge in [-0.15, -0.1) is 0 Å². The smallest absolute Gasteiger partial charge is 0.0483 e. The van der Waals surface area contributed by atoms with Gasteiger partial charge in [0.25, 0.3) is 0 Å². The Kier molecular flexibility index (Phi) is 5.80. The molecule has 104 valence electrons. The monoisotopic (exact) mass is 276 g/mol. The van der Waals surface area contributed by atoms with E-state index in [1.807, 2.05) is 18.8 Å². The van der Waals surface area contributed by atoms with Crippen LogP contribution in [0.25, 0.3) is 10.9 Å². The number of unbranched alkanes of at least 4 members (excludes halogenated alkanes) is 1. The summed E-state index contributed by atoms with van der Waals surface area (Å²) in [6.07, 6.45) is 8.23. The van der Waals surface area contributed by atoms with Crippen LogP contribution in [0.3, 0.4) is 0 Å². The maximum atomic E-state index is 3.22. The first-order valence-corrected chi connectivity index (χ1v) is 8.46. The first kappa shape index (κ1) is 14.5. The van der Waals surface area contributed by atoms with Gasteiger partial charge in [-0.25, -0.2) is 0 Å². The maximum Gasteiger partial charge on any atom is 0.0483 e. The topological polar surface area (TPSA) is 17.0 Å². The Hall–Kier alpha value is -0.930. The zero-order valence-corrected chi connectivity index (χ0v) is 12.8. The van der Waals surface area contributed by atoms with Crippen molar-refractivity contribution in [1.29, 1.82) is 0 Å². The van der Waals surface area contributed by atoms with Crippen LogP contribution in [-0.4, -0.2) is 30.2 Å². The molecule has 0 radical (unpaired) electrons. The van der Waals surface area contributed by atoms with E-state index in [9.17, 15) is 0 Å². The van der Waals surface area contributed by atoms with Crippen molar-refractivity contribution in [2.24, 2.45) is 0 Å². The Balaban J connectivity index is 2.13. The summed E-state index contributed by atoms with van der Waals surface area (Å²) in [5.74, 6) is 1.18. The molecule has 0 bridgehead atoms. The molecule has 19 heavy (non-hydrogen) atoms. The lowest BCUT2D eigenvalue weighted by Crippen LogP contribution is -2.07. The van der Waals surface area contributed by atoms with Gasteiger partial charge in [-0.05, 0) is 50.7 Å². The molecule has 2 nitrogen and oxygen atoms in total. The van der Waals surface area contributed by atoms with E-state index >= 15 is 0 Å². The average Bonchev–Trinajstić information content (AvgIpc) is 2.80. The quantitative estimate of drug-likeness (QED) is 0.743. The van der Waals surface area contributed by atoms with Crippen LogP contribution < -0.4 is 5.32 Å². The average molecular weight is 276 g/mol. The third-order valence-electron chi connectivity index (χ3n) is 3.53. The van der Waals surface area contributed by atoms with Gasteiger partial charge in [0, 0.05) is 29.4 Å². The predicted octanol–water partition coefficient (Wildman–Crippen LogP) is 3.55. The summed E-state index contributed by atoms with van der Waals surface area (Å²) >= 11 is 1.91. The molecule has 1 aromatic carbocycles. The predicted molar refractivity (Wildman–Crippen MR) is 87.2 cm³/mol. The number of fused-ring (bicyclic) bond motifs is 1.